The molecule has 0 aliphatic carbocycles. The van der Waals surface area contributed by atoms with E-state index in [9.17, 15) is 19.5 Å². The molecule has 0 spiro atoms. The summed E-state index contributed by atoms with van der Waals surface area (Å²) in [5.41, 5.74) is 1.77. The van der Waals surface area contributed by atoms with Gasteiger partial charge < -0.3 is 15.3 Å². The maximum Gasteiger partial charge on any atom is 0.306 e. The molecule has 8 nitrogen and oxygen atoms in total. The molecule has 0 bridgehead atoms. The SMILES string of the molecule is O=C1NC(=O)C(=CN2C=Nc3ccccc3C2C2CC(C(=O)O)CCN2)S1. The average molecular weight is 386 g/mol. The highest BCUT2D eigenvalue weighted by molar-refractivity contribution is 8.18. The number of thioether (sulfide) groups is 1. The van der Waals surface area contributed by atoms with E-state index >= 15 is 0 Å². The number of hydrogen-bond acceptors (Lipinski definition) is 7. The molecule has 140 valence electrons. The van der Waals surface area contributed by atoms with Gasteiger partial charge in [-0.3, -0.25) is 19.7 Å². The number of fused-ring (bicyclic) bond motifs is 1. The molecule has 2 amide bonds. The summed E-state index contributed by atoms with van der Waals surface area (Å²) in [5, 5.41) is 14.7. The molecule has 1 aromatic rings. The van der Waals surface area contributed by atoms with Crippen molar-refractivity contribution in [1.82, 2.24) is 15.5 Å². The highest BCUT2D eigenvalue weighted by atomic mass is 32.2. The van der Waals surface area contributed by atoms with Gasteiger partial charge >= 0.3 is 5.97 Å². The van der Waals surface area contributed by atoms with Crippen LogP contribution >= 0.6 is 11.8 Å². The summed E-state index contributed by atoms with van der Waals surface area (Å²) in [4.78, 5) is 41.4. The summed E-state index contributed by atoms with van der Waals surface area (Å²) in [6, 6.07) is 7.32. The van der Waals surface area contributed by atoms with Gasteiger partial charge in [0.05, 0.1) is 28.9 Å². The normalized spacial score (nSPS) is 29.0. The molecule has 1 aromatic carbocycles. The minimum atomic E-state index is -0.791. The molecule has 0 saturated carbocycles. The van der Waals surface area contributed by atoms with Crippen molar-refractivity contribution in [2.75, 3.05) is 6.54 Å². The van der Waals surface area contributed by atoms with E-state index in [1.807, 2.05) is 24.3 Å². The zero-order valence-corrected chi connectivity index (χ0v) is 15.1. The standard InChI is InChI=1S/C18H18N4O4S/c23-16-14(27-18(26)21-16)8-22-9-20-12-4-2-1-3-11(12)15(22)13-7-10(17(24)25)5-6-19-13/h1-4,8-10,13,15,19H,5-7H2,(H,24,25)(H,21,23,26). The lowest BCUT2D eigenvalue weighted by atomic mass is 9.84. The number of amides is 2. The van der Waals surface area contributed by atoms with Crippen LogP contribution < -0.4 is 10.6 Å². The third-order valence-corrected chi connectivity index (χ3v) is 5.78. The van der Waals surface area contributed by atoms with Crippen LogP contribution in [0, 0.1) is 5.92 Å². The van der Waals surface area contributed by atoms with Crippen LogP contribution in [0.25, 0.3) is 0 Å². The topological polar surface area (TPSA) is 111 Å². The van der Waals surface area contributed by atoms with Crippen LogP contribution in [0.3, 0.4) is 0 Å². The van der Waals surface area contributed by atoms with Gasteiger partial charge in [-0.25, -0.2) is 4.99 Å². The maximum absolute atomic E-state index is 11.9. The van der Waals surface area contributed by atoms with Crippen molar-refractivity contribution < 1.29 is 19.5 Å². The van der Waals surface area contributed by atoms with Gasteiger partial charge in [0.15, 0.2) is 0 Å². The quantitative estimate of drug-likeness (QED) is 0.681. The molecule has 3 atom stereocenters. The summed E-state index contributed by atoms with van der Waals surface area (Å²) in [7, 11) is 0. The van der Waals surface area contributed by atoms with Crippen LogP contribution in [-0.2, 0) is 9.59 Å². The molecule has 3 unspecified atom stereocenters. The largest absolute Gasteiger partial charge is 0.481 e. The Labute approximate surface area is 159 Å². The van der Waals surface area contributed by atoms with Gasteiger partial charge in [0.2, 0.25) is 0 Å². The molecule has 9 heteroatoms. The number of piperidine rings is 1. The Morgan fingerprint density at radius 1 is 1.33 bits per heavy atom. The number of para-hydroxylation sites is 1. The van der Waals surface area contributed by atoms with Crippen LogP contribution in [-0.4, -0.2) is 46.0 Å². The van der Waals surface area contributed by atoms with E-state index in [1.165, 1.54) is 0 Å². The molecule has 3 aliphatic rings. The zero-order valence-electron chi connectivity index (χ0n) is 14.3. The summed E-state index contributed by atoms with van der Waals surface area (Å²) in [6.45, 7) is 0.607. The summed E-state index contributed by atoms with van der Waals surface area (Å²) >= 11 is 0.846. The Hall–Kier alpha value is -2.65. The van der Waals surface area contributed by atoms with Gasteiger partial charge in [-0.15, -0.1) is 0 Å². The number of nitrogens with zero attached hydrogens (tertiary/aromatic N) is 2. The van der Waals surface area contributed by atoms with Crippen LogP contribution in [0.2, 0.25) is 0 Å². The number of nitrogens with one attached hydrogen (secondary N) is 2. The molecule has 2 saturated heterocycles. The van der Waals surface area contributed by atoms with Gasteiger partial charge in [0.25, 0.3) is 11.1 Å². The van der Waals surface area contributed by atoms with E-state index in [2.05, 4.69) is 15.6 Å². The monoisotopic (exact) mass is 386 g/mol. The average Bonchev–Trinajstić information content (AvgIpc) is 2.98. The second-order valence-electron chi connectivity index (χ2n) is 6.65. The summed E-state index contributed by atoms with van der Waals surface area (Å²) in [5.74, 6) is -1.64. The Morgan fingerprint density at radius 2 is 2.15 bits per heavy atom. The van der Waals surface area contributed by atoms with Crippen LogP contribution in [0.5, 0.6) is 0 Å². The molecular weight excluding hydrogens is 368 g/mol. The molecule has 4 rings (SSSR count). The number of carboxylic acids is 1. The number of rotatable bonds is 3. The fourth-order valence-corrected chi connectivity index (χ4v) is 4.38. The predicted octanol–water partition coefficient (Wildman–Crippen LogP) is 1.98. The molecule has 0 aromatic heterocycles. The van der Waals surface area contributed by atoms with Crippen molar-refractivity contribution in [3.05, 3.63) is 40.9 Å². The maximum atomic E-state index is 11.9. The summed E-state index contributed by atoms with van der Waals surface area (Å²) < 4.78 is 0. The van der Waals surface area contributed by atoms with Gasteiger partial charge in [-0.2, -0.15) is 0 Å². The van der Waals surface area contributed by atoms with Gasteiger partial charge in [0, 0.05) is 17.8 Å². The van der Waals surface area contributed by atoms with E-state index < -0.39 is 23.0 Å². The first-order valence-electron chi connectivity index (χ1n) is 8.64. The minimum Gasteiger partial charge on any atom is -0.481 e. The molecule has 27 heavy (non-hydrogen) atoms. The molecule has 3 aliphatic heterocycles. The zero-order chi connectivity index (χ0) is 19.0. The lowest BCUT2D eigenvalue weighted by Gasteiger charge is -2.40. The number of imide groups is 1. The second kappa shape index (κ2) is 7.16. The van der Waals surface area contributed by atoms with Crippen molar-refractivity contribution in [3.8, 4) is 0 Å². The lowest BCUT2D eigenvalue weighted by Crippen LogP contribution is -2.48. The molecule has 3 heterocycles. The number of carboxylic acid groups (broad SMARTS) is 1. The number of benzene rings is 1. The molecule has 0 radical (unpaired) electrons. The van der Waals surface area contributed by atoms with Crippen LogP contribution in [0.4, 0.5) is 10.5 Å². The molecular formula is C18H18N4O4S. The Morgan fingerprint density at radius 3 is 2.89 bits per heavy atom. The second-order valence-corrected chi connectivity index (χ2v) is 7.67. The minimum absolute atomic E-state index is 0.130. The van der Waals surface area contributed by atoms with E-state index in [-0.39, 0.29) is 12.1 Å². The Bertz CT molecular complexity index is 869. The third kappa shape index (κ3) is 3.47. The highest BCUT2D eigenvalue weighted by Crippen LogP contribution is 2.39. The number of carbonyl (C=O) groups excluding carboxylic acids is 2. The highest BCUT2D eigenvalue weighted by Gasteiger charge is 2.37. The van der Waals surface area contributed by atoms with Crippen molar-refractivity contribution in [2.45, 2.75) is 24.9 Å². The Balaban J connectivity index is 1.70. The van der Waals surface area contributed by atoms with E-state index in [0.717, 1.165) is 23.0 Å². The first kappa shape index (κ1) is 17.7. The number of hydrogen-bond donors (Lipinski definition) is 3. The number of aliphatic imine (C=N–C) groups is 1. The molecule has 3 N–H and O–H groups in total. The smallest absolute Gasteiger partial charge is 0.306 e. The van der Waals surface area contributed by atoms with Crippen molar-refractivity contribution >= 4 is 40.9 Å². The number of carbonyl (C=O) groups is 3. The van der Waals surface area contributed by atoms with Gasteiger partial charge in [-0.1, -0.05) is 18.2 Å². The van der Waals surface area contributed by atoms with Crippen molar-refractivity contribution in [2.24, 2.45) is 10.9 Å². The lowest BCUT2D eigenvalue weighted by molar-refractivity contribution is -0.143. The van der Waals surface area contributed by atoms with E-state index in [0.29, 0.717) is 24.3 Å². The van der Waals surface area contributed by atoms with Crippen LogP contribution in [0.1, 0.15) is 24.4 Å². The van der Waals surface area contributed by atoms with E-state index in [4.69, 9.17) is 0 Å². The Kier molecular flexibility index (Phi) is 4.71. The predicted molar refractivity (Wildman–Crippen MR) is 101 cm³/mol. The van der Waals surface area contributed by atoms with Crippen LogP contribution in [0.15, 0.2) is 40.4 Å². The van der Waals surface area contributed by atoms with Crippen molar-refractivity contribution in [3.63, 3.8) is 0 Å². The summed E-state index contributed by atoms with van der Waals surface area (Å²) in [6.07, 6.45) is 4.30. The van der Waals surface area contributed by atoms with Crippen molar-refractivity contribution in [1.29, 1.82) is 0 Å². The van der Waals surface area contributed by atoms with Gasteiger partial charge in [0.1, 0.15) is 0 Å². The fourth-order valence-electron chi connectivity index (χ4n) is 3.72. The fraction of sp³-hybridized carbons (Fsp3) is 0.333. The van der Waals surface area contributed by atoms with Gasteiger partial charge in [-0.05, 0) is 37.2 Å². The first-order chi connectivity index (χ1) is 13.0. The first-order valence-corrected chi connectivity index (χ1v) is 9.46. The third-order valence-electron chi connectivity index (χ3n) is 4.98. The van der Waals surface area contributed by atoms with E-state index in [1.54, 1.807) is 17.4 Å². The molecule has 2 fully saturated rings. The number of aliphatic carboxylic acids is 1.